The maximum absolute atomic E-state index is 12.5. The molecular formula is C12H13BrClNO2S3. The molecule has 0 bridgehead atoms. The molecule has 0 amide bonds. The molecule has 0 aromatic carbocycles. The Kier molecular flexibility index (Phi) is 5.31. The molecule has 0 N–H and O–H groups in total. The van der Waals surface area contributed by atoms with Crippen molar-refractivity contribution in [1.82, 2.24) is 4.31 Å². The van der Waals surface area contributed by atoms with Crippen LogP contribution in [-0.2, 0) is 16.4 Å². The minimum atomic E-state index is -3.50. The average Bonchev–Trinajstić information content (AvgIpc) is 2.99. The van der Waals surface area contributed by atoms with E-state index in [1.807, 2.05) is 24.4 Å². The molecule has 0 aliphatic heterocycles. The van der Waals surface area contributed by atoms with Crippen molar-refractivity contribution < 1.29 is 8.42 Å². The maximum Gasteiger partial charge on any atom is 0.252 e. The molecule has 0 aliphatic rings. The molecule has 110 valence electrons. The van der Waals surface area contributed by atoms with Crippen LogP contribution in [-0.4, -0.2) is 25.8 Å². The van der Waals surface area contributed by atoms with Gasteiger partial charge in [0.15, 0.2) is 0 Å². The van der Waals surface area contributed by atoms with Gasteiger partial charge in [-0.2, -0.15) is 4.31 Å². The van der Waals surface area contributed by atoms with Crippen LogP contribution in [0.15, 0.2) is 31.6 Å². The van der Waals surface area contributed by atoms with Crippen LogP contribution in [0.4, 0.5) is 0 Å². The van der Waals surface area contributed by atoms with E-state index >= 15 is 0 Å². The van der Waals surface area contributed by atoms with E-state index in [1.165, 1.54) is 15.2 Å². The molecule has 3 nitrogen and oxygen atoms in total. The smallest absolute Gasteiger partial charge is 0.206 e. The van der Waals surface area contributed by atoms with Crippen molar-refractivity contribution in [2.45, 2.75) is 23.6 Å². The lowest BCUT2D eigenvalue weighted by molar-refractivity contribution is 0.389. The first-order valence-electron chi connectivity index (χ1n) is 5.77. The Morgan fingerprint density at radius 3 is 2.70 bits per heavy atom. The van der Waals surface area contributed by atoms with Crippen LogP contribution in [0.5, 0.6) is 0 Å². The van der Waals surface area contributed by atoms with Crippen molar-refractivity contribution in [3.63, 3.8) is 0 Å². The number of likely N-dealkylation sites (N-methyl/N-ethyl adjacent to an activating group) is 1. The van der Waals surface area contributed by atoms with E-state index in [1.54, 1.807) is 18.4 Å². The molecule has 0 spiro atoms. The first-order chi connectivity index (χ1) is 9.32. The molecule has 0 aliphatic carbocycles. The van der Waals surface area contributed by atoms with Crippen molar-refractivity contribution in [1.29, 1.82) is 0 Å². The molecule has 2 aromatic rings. The standard InChI is InChI=1S/C12H13BrClNO2S3/c1-8(6-9-4-3-5-18-9)15(2)20(16,17)11-7-10(14)12(13)19-11/h3-5,7-8H,6H2,1-2H3. The third kappa shape index (κ3) is 3.45. The normalized spacial score (nSPS) is 13.8. The lowest BCUT2D eigenvalue weighted by Gasteiger charge is -2.23. The van der Waals surface area contributed by atoms with Gasteiger partial charge in [-0.15, -0.1) is 22.7 Å². The Bertz CT molecular complexity index is 662. The van der Waals surface area contributed by atoms with Gasteiger partial charge >= 0.3 is 0 Å². The van der Waals surface area contributed by atoms with Gasteiger partial charge in [0.1, 0.15) is 4.21 Å². The Balaban J connectivity index is 2.20. The summed E-state index contributed by atoms with van der Waals surface area (Å²) in [5.74, 6) is 0. The minimum Gasteiger partial charge on any atom is -0.206 e. The predicted octanol–water partition coefficient (Wildman–Crippen LogP) is 4.48. The van der Waals surface area contributed by atoms with E-state index < -0.39 is 10.0 Å². The topological polar surface area (TPSA) is 37.4 Å². The molecule has 0 radical (unpaired) electrons. The lowest BCUT2D eigenvalue weighted by Crippen LogP contribution is -2.35. The second-order valence-corrected chi connectivity index (χ2v) is 10.4. The molecule has 20 heavy (non-hydrogen) atoms. The van der Waals surface area contributed by atoms with Gasteiger partial charge in [-0.3, -0.25) is 0 Å². The summed E-state index contributed by atoms with van der Waals surface area (Å²) < 4.78 is 27.4. The first-order valence-corrected chi connectivity index (χ1v) is 10.1. The van der Waals surface area contributed by atoms with Crippen LogP contribution in [0.3, 0.4) is 0 Å². The van der Waals surface area contributed by atoms with Crippen LogP contribution in [0.2, 0.25) is 5.02 Å². The van der Waals surface area contributed by atoms with Crippen molar-refractivity contribution in [3.05, 3.63) is 37.3 Å². The summed E-state index contributed by atoms with van der Waals surface area (Å²) in [4.78, 5) is 1.17. The molecule has 0 saturated heterocycles. The van der Waals surface area contributed by atoms with E-state index in [0.29, 0.717) is 15.2 Å². The van der Waals surface area contributed by atoms with Gasteiger partial charge in [-0.1, -0.05) is 17.7 Å². The van der Waals surface area contributed by atoms with E-state index in [2.05, 4.69) is 15.9 Å². The van der Waals surface area contributed by atoms with E-state index in [9.17, 15) is 8.42 Å². The van der Waals surface area contributed by atoms with Gasteiger partial charge in [0.05, 0.1) is 8.81 Å². The fourth-order valence-electron chi connectivity index (χ4n) is 1.68. The molecule has 0 saturated carbocycles. The third-order valence-electron chi connectivity index (χ3n) is 2.95. The highest BCUT2D eigenvalue weighted by Gasteiger charge is 2.28. The van der Waals surface area contributed by atoms with Crippen molar-refractivity contribution in [2.24, 2.45) is 0 Å². The minimum absolute atomic E-state index is 0.113. The van der Waals surface area contributed by atoms with Crippen LogP contribution in [0.25, 0.3) is 0 Å². The zero-order chi connectivity index (χ0) is 14.9. The Morgan fingerprint density at radius 1 is 1.50 bits per heavy atom. The average molecular weight is 415 g/mol. The lowest BCUT2D eigenvalue weighted by atomic mass is 10.2. The molecule has 8 heteroatoms. The predicted molar refractivity (Wildman–Crippen MR) is 89.5 cm³/mol. The molecule has 1 unspecified atom stereocenters. The number of nitrogens with zero attached hydrogens (tertiary/aromatic N) is 1. The fraction of sp³-hybridized carbons (Fsp3) is 0.333. The summed E-state index contributed by atoms with van der Waals surface area (Å²) in [6, 6.07) is 5.36. The largest absolute Gasteiger partial charge is 0.252 e. The highest BCUT2D eigenvalue weighted by molar-refractivity contribution is 9.11. The number of sulfonamides is 1. The SMILES string of the molecule is CC(Cc1cccs1)N(C)S(=O)(=O)c1cc(Cl)c(Br)s1. The van der Waals surface area contributed by atoms with Crippen molar-refractivity contribution in [2.75, 3.05) is 7.05 Å². The number of halogens is 2. The molecule has 2 aromatic heterocycles. The summed E-state index contributed by atoms with van der Waals surface area (Å²) in [5.41, 5.74) is 0. The van der Waals surface area contributed by atoms with E-state index in [4.69, 9.17) is 11.6 Å². The molecule has 2 rings (SSSR count). The summed E-state index contributed by atoms with van der Waals surface area (Å²) in [7, 11) is -1.89. The second-order valence-electron chi connectivity index (χ2n) is 4.34. The monoisotopic (exact) mass is 413 g/mol. The number of hydrogen-bond donors (Lipinski definition) is 0. The van der Waals surface area contributed by atoms with Crippen molar-refractivity contribution in [3.8, 4) is 0 Å². The molecule has 0 fully saturated rings. The third-order valence-corrected chi connectivity index (χ3v) is 8.75. The maximum atomic E-state index is 12.5. The molecule has 1 atom stereocenters. The Morgan fingerprint density at radius 2 is 2.20 bits per heavy atom. The Hall–Kier alpha value is 0.0800. The highest BCUT2D eigenvalue weighted by atomic mass is 79.9. The van der Waals surface area contributed by atoms with Crippen LogP contribution < -0.4 is 0 Å². The van der Waals surface area contributed by atoms with E-state index in [0.717, 1.165) is 11.3 Å². The number of thiophene rings is 2. The fourth-order valence-corrected chi connectivity index (χ4v) is 6.45. The zero-order valence-corrected chi connectivity index (χ0v) is 15.6. The summed E-state index contributed by atoms with van der Waals surface area (Å²) >= 11 is 11.9. The van der Waals surface area contributed by atoms with Gasteiger partial charge < -0.3 is 0 Å². The van der Waals surface area contributed by atoms with Gasteiger partial charge in [0.2, 0.25) is 0 Å². The molecular weight excluding hydrogens is 402 g/mol. The molecule has 2 heterocycles. The summed E-state index contributed by atoms with van der Waals surface area (Å²) in [5, 5.41) is 2.42. The van der Waals surface area contributed by atoms with Crippen molar-refractivity contribution >= 4 is 60.2 Å². The van der Waals surface area contributed by atoms with Gasteiger partial charge in [-0.25, -0.2) is 8.42 Å². The number of hydrogen-bond acceptors (Lipinski definition) is 4. The zero-order valence-electron chi connectivity index (χ0n) is 10.8. The Labute approximate surface area is 140 Å². The van der Waals surface area contributed by atoms with E-state index in [-0.39, 0.29) is 10.3 Å². The van der Waals surface area contributed by atoms with Gasteiger partial charge in [0.25, 0.3) is 10.0 Å². The first kappa shape index (κ1) is 16.5. The summed E-state index contributed by atoms with van der Waals surface area (Å²) in [6.07, 6.45) is 0.702. The van der Waals surface area contributed by atoms with Crippen LogP contribution in [0, 0.1) is 0 Å². The van der Waals surface area contributed by atoms with Crippen LogP contribution in [0.1, 0.15) is 11.8 Å². The van der Waals surface area contributed by atoms with Crippen LogP contribution >= 0.6 is 50.2 Å². The quantitative estimate of drug-likeness (QED) is 0.723. The van der Waals surface area contributed by atoms with Gasteiger partial charge in [0, 0.05) is 18.0 Å². The number of rotatable bonds is 5. The van der Waals surface area contributed by atoms with Gasteiger partial charge in [-0.05, 0) is 46.8 Å². The highest BCUT2D eigenvalue weighted by Crippen LogP contribution is 2.36. The summed E-state index contributed by atoms with van der Waals surface area (Å²) in [6.45, 7) is 1.90. The second kappa shape index (κ2) is 6.46.